The van der Waals surface area contributed by atoms with Crippen molar-refractivity contribution in [2.45, 2.75) is 13.1 Å². The Bertz CT molecular complexity index is 2070. The summed E-state index contributed by atoms with van der Waals surface area (Å²) in [4.78, 5) is 39.7. The Morgan fingerprint density at radius 2 is 1.64 bits per heavy atom. The highest BCUT2D eigenvalue weighted by atomic mass is 32.2. The Morgan fingerprint density at radius 1 is 0.915 bits per heavy atom. The van der Waals surface area contributed by atoms with E-state index in [1.165, 1.54) is 0 Å². The van der Waals surface area contributed by atoms with Crippen molar-refractivity contribution in [3.8, 4) is 17.2 Å². The number of amides is 2. The number of carbonyl (C=O) groups excluding carboxylic acids is 2. The molecule has 1 saturated heterocycles. The van der Waals surface area contributed by atoms with Gasteiger partial charge in [-0.25, -0.2) is 4.98 Å². The van der Waals surface area contributed by atoms with Crippen molar-refractivity contribution in [1.82, 2.24) is 19.4 Å². The van der Waals surface area contributed by atoms with Crippen LogP contribution in [0.15, 0.2) is 116 Å². The SMILES string of the molecule is N#Cc1ccc(Cn2cncc2CN(C(=O)c2ccccc2)c2ccc3[nH]c(C(=O)N4CCSCC4)c(-c4ccccc4)c3c2)cc1. The second-order valence-corrected chi connectivity index (χ2v) is 12.7. The zero-order valence-corrected chi connectivity index (χ0v) is 26.5. The average molecular weight is 637 g/mol. The lowest BCUT2D eigenvalue weighted by Gasteiger charge is -2.26. The molecule has 1 aliphatic heterocycles. The summed E-state index contributed by atoms with van der Waals surface area (Å²) < 4.78 is 2.02. The molecule has 0 aliphatic carbocycles. The molecule has 1 N–H and O–H groups in total. The fourth-order valence-corrected chi connectivity index (χ4v) is 6.92. The third-order valence-electron chi connectivity index (χ3n) is 8.49. The molecule has 7 rings (SSSR count). The summed E-state index contributed by atoms with van der Waals surface area (Å²) in [5, 5.41) is 10.1. The van der Waals surface area contributed by atoms with Crippen LogP contribution in [0.1, 0.15) is 37.7 Å². The summed E-state index contributed by atoms with van der Waals surface area (Å²) in [7, 11) is 0. The van der Waals surface area contributed by atoms with Crippen LogP contribution in [0.3, 0.4) is 0 Å². The molecule has 232 valence electrons. The van der Waals surface area contributed by atoms with Crippen molar-refractivity contribution in [2.75, 3.05) is 29.5 Å². The number of H-pyrrole nitrogens is 1. The van der Waals surface area contributed by atoms with Gasteiger partial charge in [0.1, 0.15) is 5.69 Å². The lowest BCUT2D eigenvalue weighted by Crippen LogP contribution is -2.38. The number of nitriles is 1. The van der Waals surface area contributed by atoms with Crippen LogP contribution in [-0.4, -0.2) is 55.8 Å². The van der Waals surface area contributed by atoms with Gasteiger partial charge in [0.15, 0.2) is 0 Å². The summed E-state index contributed by atoms with van der Waals surface area (Å²) in [5.74, 6) is 1.70. The topological polar surface area (TPSA) is 98.0 Å². The first-order valence-corrected chi connectivity index (χ1v) is 16.7. The highest BCUT2D eigenvalue weighted by Gasteiger charge is 2.27. The second-order valence-electron chi connectivity index (χ2n) is 11.5. The summed E-state index contributed by atoms with van der Waals surface area (Å²) in [6.07, 6.45) is 3.55. The molecule has 1 aliphatic rings. The van der Waals surface area contributed by atoms with E-state index in [1.807, 2.05) is 112 Å². The van der Waals surface area contributed by atoms with E-state index >= 15 is 0 Å². The maximum atomic E-state index is 14.2. The van der Waals surface area contributed by atoms with Crippen LogP contribution in [0, 0.1) is 11.3 Å². The van der Waals surface area contributed by atoms with Gasteiger partial charge < -0.3 is 19.4 Å². The standard InChI is InChI=1S/C38H32N6O2S/c39-22-27-11-13-28(14-12-27)24-43-26-40-23-32(43)25-44(37(45)30-9-5-2-6-10-30)31-15-16-34-33(21-31)35(29-7-3-1-4-8-29)36(41-34)38(46)42-17-19-47-20-18-42/h1-16,21,23,26,41H,17-20,24-25H2. The van der Waals surface area contributed by atoms with Crippen molar-refractivity contribution in [1.29, 1.82) is 5.26 Å². The Morgan fingerprint density at radius 3 is 2.36 bits per heavy atom. The van der Waals surface area contributed by atoms with Gasteiger partial charge in [-0.05, 0) is 53.6 Å². The minimum Gasteiger partial charge on any atom is -0.350 e. The summed E-state index contributed by atoms with van der Waals surface area (Å²) in [5.41, 5.74) is 6.94. The van der Waals surface area contributed by atoms with Crippen LogP contribution in [0.2, 0.25) is 0 Å². The number of hydrogen-bond donors (Lipinski definition) is 1. The zero-order valence-electron chi connectivity index (χ0n) is 25.7. The maximum Gasteiger partial charge on any atom is 0.271 e. The van der Waals surface area contributed by atoms with Crippen LogP contribution >= 0.6 is 11.8 Å². The van der Waals surface area contributed by atoms with Gasteiger partial charge in [0.05, 0.1) is 30.2 Å². The van der Waals surface area contributed by atoms with Crippen LogP contribution in [-0.2, 0) is 13.1 Å². The Hall–Kier alpha value is -5.59. The highest BCUT2D eigenvalue weighted by Crippen LogP contribution is 2.36. The van der Waals surface area contributed by atoms with E-state index in [-0.39, 0.29) is 18.4 Å². The number of aromatic nitrogens is 3. The number of fused-ring (bicyclic) bond motifs is 1. The highest BCUT2D eigenvalue weighted by molar-refractivity contribution is 7.99. The van der Waals surface area contributed by atoms with E-state index in [1.54, 1.807) is 29.6 Å². The Kier molecular flexibility index (Phi) is 8.58. The second kappa shape index (κ2) is 13.4. The van der Waals surface area contributed by atoms with E-state index in [9.17, 15) is 14.9 Å². The van der Waals surface area contributed by atoms with Gasteiger partial charge in [0, 0.05) is 65.1 Å². The van der Waals surface area contributed by atoms with Gasteiger partial charge in [-0.1, -0.05) is 60.7 Å². The number of nitrogens with one attached hydrogen (secondary N) is 1. The first kappa shape index (κ1) is 30.1. The number of imidazole rings is 1. The molecule has 0 bridgehead atoms. The molecule has 6 aromatic rings. The molecule has 0 radical (unpaired) electrons. The summed E-state index contributed by atoms with van der Waals surface area (Å²) in [6.45, 7) is 2.25. The van der Waals surface area contributed by atoms with Crippen molar-refractivity contribution in [2.24, 2.45) is 0 Å². The molecular weight excluding hydrogens is 605 g/mol. The van der Waals surface area contributed by atoms with Gasteiger partial charge in [0.2, 0.25) is 0 Å². The lowest BCUT2D eigenvalue weighted by molar-refractivity contribution is 0.0768. The van der Waals surface area contributed by atoms with Crippen molar-refractivity contribution in [3.05, 3.63) is 144 Å². The first-order chi connectivity index (χ1) is 23.1. The molecule has 9 heteroatoms. The number of rotatable bonds is 8. The molecular formula is C38H32N6O2S. The van der Waals surface area contributed by atoms with Gasteiger partial charge in [-0.3, -0.25) is 9.59 Å². The lowest BCUT2D eigenvalue weighted by atomic mass is 10.0. The zero-order chi connectivity index (χ0) is 32.2. The maximum absolute atomic E-state index is 14.2. The van der Waals surface area contributed by atoms with E-state index in [0.717, 1.165) is 44.8 Å². The van der Waals surface area contributed by atoms with Gasteiger partial charge in [0.25, 0.3) is 11.8 Å². The molecule has 0 spiro atoms. The van der Waals surface area contributed by atoms with Crippen molar-refractivity contribution in [3.63, 3.8) is 0 Å². The number of benzene rings is 4. The van der Waals surface area contributed by atoms with E-state index in [4.69, 9.17) is 0 Å². The predicted octanol–water partition coefficient (Wildman–Crippen LogP) is 6.99. The largest absolute Gasteiger partial charge is 0.350 e. The van der Waals surface area contributed by atoms with Crippen molar-refractivity contribution < 1.29 is 9.59 Å². The fraction of sp³-hybridized carbons (Fsp3) is 0.158. The van der Waals surface area contributed by atoms with Crippen molar-refractivity contribution >= 4 is 40.2 Å². The smallest absolute Gasteiger partial charge is 0.271 e. The Balaban J connectivity index is 1.31. The molecule has 0 unspecified atom stereocenters. The number of carbonyl (C=O) groups is 2. The molecule has 4 aromatic carbocycles. The third-order valence-corrected chi connectivity index (χ3v) is 9.43. The van der Waals surface area contributed by atoms with Gasteiger partial charge in [-0.15, -0.1) is 0 Å². The quantitative estimate of drug-likeness (QED) is 0.194. The third kappa shape index (κ3) is 6.28. The van der Waals surface area contributed by atoms with Crippen LogP contribution in [0.25, 0.3) is 22.0 Å². The van der Waals surface area contributed by atoms with Crippen LogP contribution in [0.5, 0.6) is 0 Å². The van der Waals surface area contributed by atoms with Gasteiger partial charge in [-0.2, -0.15) is 17.0 Å². The molecule has 1 fully saturated rings. The monoisotopic (exact) mass is 636 g/mol. The molecule has 0 saturated carbocycles. The number of nitrogens with zero attached hydrogens (tertiary/aromatic N) is 5. The minimum atomic E-state index is -0.144. The summed E-state index contributed by atoms with van der Waals surface area (Å²) in [6, 6.07) is 34.8. The van der Waals surface area contributed by atoms with E-state index in [2.05, 4.69) is 16.0 Å². The van der Waals surface area contributed by atoms with Crippen LogP contribution in [0.4, 0.5) is 5.69 Å². The molecule has 47 heavy (non-hydrogen) atoms. The molecule has 2 aromatic heterocycles. The van der Waals surface area contributed by atoms with Crippen LogP contribution < -0.4 is 4.90 Å². The number of thioether (sulfide) groups is 1. The van der Waals surface area contributed by atoms with E-state index < -0.39 is 0 Å². The number of hydrogen-bond acceptors (Lipinski definition) is 5. The summed E-state index contributed by atoms with van der Waals surface area (Å²) >= 11 is 1.87. The van der Waals surface area contributed by atoms with E-state index in [0.29, 0.717) is 42.1 Å². The van der Waals surface area contributed by atoms with Gasteiger partial charge >= 0.3 is 0 Å². The predicted molar refractivity (Wildman–Crippen MR) is 186 cm³/mol. The molecule has 3 heterocycles. The molecule has 0 atom stereocenters. The minimum absolute atomic E-state index is 0.00849. The Labute approximate surface area is 277 Å². The number of aromatic amines is 1. The average Bonchev–Trinajstić information content (AvgIpc) is 3.75. The molecule has 8 nitrogen and oxygen atoms in total. The molecule has 2 amide bonds. The normalized spacial score (nSPS) is 13.0. The first-order valence-electron chi connectivity index (χ1n) is 15.5. The fourth-order valence-electron chi connectivity index (χ4n) is 6.02. The number of anilines is 1.